The second-order valence-electron chi connectivity index (χ2n) is 11.3. The third-order valence-corrected chi connectivity index (χ3v) is 12.3. The molecule has 0 saturated carbocycles. The lowest BCUT2D eigenvalue weighted by atomic mass is 9.70. The molecule has 2 aromatic rings. The molecule has 2 bridgehead atoms. The summed E-state index contributed by atoms with van der Waals surface area (Å²) >= 11 is 11.9. The van der Waals surface area contributed by atoms with Crippen LogP contribution >= 0.6 is 39.3 Å². The quantitative estimate of drug-likeness (QED) is 0.238. The first-order valence-corrected chi connectivity index (χ1v) is 16.9. The number of hydrogen-bond acceptors (Lipinski definition) is 6. The zero-order valence-corrected chi connectivity index (χ0v) is 27.9. The van der Waals surface area contributed by atoms with Crippen molar-refractivity contribution in [2.75, 3.05) is 36.1 Å². The van der Waals surface area contributed by atoms with Gasteiger partial charge in [0.15, 0.2) is 0 Å². The van der Waals surface area contributed by atoms with Gasteiger partial charge in [-0.15, -0.1) is 24.9 Å². The molecule has 3 fully saturated rings. The van der Waals surface area contributed by atoms with Gasteiger partial charge in [-0.1, -0.05) is 51.8 Å². The van der Waals surface area contributed by atoms with Crippen LogP contribution in [0.15, 0.2) is 73.8 Å². The molecule has 7 atom stereocenters. The predicted octanol–water partition coefficient (Wildman–Crippen LogP) is 5.32. The van der Waals surface area contributed by atoms with Gasteiger partial charge in [0.05, 0.1) is 46.5 Å². The van der Waals surface area contributed by atoms with E-state index in [2.05, 4.69) is 29.1 Å². The molecule has 0 aliphatic carbocycles. The lowest BCUT2D eigenvalue weighted by Crippen LogP contribution is -2.57. The molecule has 0 radical (unpaired) electrons. The van der Waals surface area contributed by atoms with E-state index in [9.17, 15) is 19.5 Å². The van der Waals surface area contributed by atoms with Crippen LogP contribution in [0.4, 0.5) is 11.4 Å². The molecule has 1 N–H and O–H groups in total. The number of halogens is 2. The van der Waals surface area contributed by atoms with Crippen LogP contribution in [-0.4, -0.2) is 80.9 Å². The minimum absolute atomic E-state index is 0.107. The Bertz CT molecular complexity index is 1440. The molecule has 3 amide bonds. The Hall–Kier alpha value is -2.79. The summed E-state index contributed by atoms with van der Waals surface area (Å²) < 4.78 is 4.69. The van der Waals surface area contributed by atoms with E-state index in [4.69, 9.17) is 16.3 Å². The van der Waals surface area contributed by atoms with Gasteiger partial charge < -0.3 is 24.5 Å². The summed E-state index contributed by atoms with van der Waals surface area (Å²) in [6.45, 7) is 12.0. The van der Waals surface area contributed by atoms with Crippen LogP contribution in [0, 0.1) is 11.8 Å². The van der Waals surface area contributed by atoms with E-state index < -0.39 is 28.7 Å². The maximum Gasteiger partial charge on any atom is 0.251 e. The molecule has 3 aliphatic rings. The highest BCUT2D eigenvalue weighted by molar-refractivity contribution is 9.09. The molecule has 44 heavy (non-hydrogen) atoms. The van der Waals surface area contributed by atoms with Crippen molar-refractivity contribution in [1.29, 1.82) is 0 Å². The molecule has 3 heterocycles. The van der Waals surface area contributed by atoms with Crippen LogP contribution in [0.5, 0.6) is 5.75 Å². The fraction of sp³-hybridized carbons (Fsp3) is 0.424. The van der Waals surface area contributed by atoms with E-state index in [1.807, 2.05) is 31.2 Å². The Morgan fingerprint density at radius 1 is 1.16 bits per heavy atom. The van der Waals surface area contributed by atoms with Crippen LogP contribution in [0.2, 0.25) is 5.02 Å². The van der Waals surface area contributed by atoms with Gasteiger partial charge in [0.2, 0.25) is 11.8 Å². The largest absolute Gasteiger partial charge is 0.494 e. The Morgan fingerprint density at radius 3 is 2.43 bits per heavy atom. The molecule has 3 saturated heterocycles. The van der Waals surface area contributed by atoms with Crippen molar-refractivity contribution in [3.63, 3.8) is 0 Å². The number of nitrogens with zero attached hydrogens (tertiary/aromatic N) is 3. The molecule has 0 aromatic heterocycles. The zero-order chi connectivity index (χ0) is 31.8. The Labute approximate surface area is 276 Å². The average Bonchev–Trinajstić information content (AvgIpc) is 3.62. The number of para-hydroxylation sites is 1. The van der Waals surface area contributed by atoms with Crippen molar-refractivity contribution in [1.82, 2.24) is 4.90 Å². The number of carbonyl (C=O) groups excluding carboxylic acids is 3. The minimum Gasteiger partial charge on any atom is -0.494 e. The summed E-state index contributed by atoms with van der Waals surface area (Å²) in [7, 11) is 0. The Kier molecular flexibility index (Phi) is 9.84. The minimum atomic E-state index is -0.926. The number of alkyl halides is 1. The van der Waals surface area contributed by atoms with Crippen LogP contribution in [0.3, 0.4) is 0 Å². The van der Waals surface area contributed by atoms with Crippen molar-refractivity contribution in [3.8, 4) is 5.75 Å². The van der Waals surface area contributed by atoms with Crippen LogP contribution in [0.1, 0.15) is 20.3 Å². The summed E-state index contributed by atoms with van der Waals surface area (Å²) in [6.07, 6.45) is 3.80. The summed E-state index contributed by atoms with van der Waals surface area (Å²) in [6, 6.07) is 12.8. The number of fused-ring (bicyclic) bond motifs is 1. The average molecular weight is 703 g/mol. The van der Waals surface area contributed by atoms with E-state index in [1.54, 1.807) is 64.9 Å². The number of ether oxygens (including phenoxy) is 1. The third kappa shape index (κ3) is 5.37. The number of aliphatic hydroxyl groups excluding tert-OH is 1. The van der Waals surface area contributed by atoms with E-state index in [0.29, 0.717) is 35.2 Å². The number of carbonyl (C=O) groups is 3. The van der Waals surface area contributed by atoms with Crippen molar-refractivity contribution in [2.45, 2.75) is 47.2 Å². The highest BCUT2D eigenvalue weighted by Gasteiger charge is 2.76. The molecule has 2 aromatic carbocycles. The first-order chi connectivity index (χ1) is 21.1. The zero-order valence-electron chi connectivity index (χ0n) is 24.8. The van der Waals surface area contributed by atoms with Gasteiger partial charge in [-0.2, -0.15) is 0 Å². The number of rotatable bonds is 12. The Balaban J connectivity index is 1.58. The normalized spacial score (nSPS) is 27.5. The molecular weight excluding hydrogens is 666 g/mol. The summed E-state index contributed by atoms with van der Waals surface area (Å²) in [5, 5.41) is 10.4. The Morgan fingerprint density at radius 2 is 1.82 bits per heavy atom. The standard InChI is InChI=1S/C33H37BrClN3O5S/c1-5-16-36(21-12-14-22(15-13-21)43-7-3)30(40)26-27-31(41)38(20(4)19-39)29(33(27)18-23(34)28(26)44-33)32(42)37(17-6-2)25-11-9-8-10-24(25)35/h5-6,8-15,20,23,26-29,39H,1-2,7,16-19H2,3-4H3/t20-,23?,26+,27+,28+,29?,33?/m1/s1. The number of thioether (sulfide) groups is 1. The predicted molar refractivity (Wildman–Crippen MR) is 180 cm³/mol. The highest BCUT2D eigenvalue weighted by Crippen LogP contribution is 2.68. The number of amides is 3. The van der Waals surface area contributed by atoms with Gasteiger partial charge in [0.25, 0.3) is 5.91 Å². The molecule has 1 spiro atoms. The number of likely N-dealkylation sites (tertiary alicyclic amines) is 1. The van der Waals surface area contributed by atoms with Gasteiger partial charge in [-0.25, -0.2) is 0 Å². The number of hydrogen-bond donors (Lipinski definition) is 1. The SMILES string of the molecule is C=CCN(C(=O)[C@H]1[C@H]2C(=O)N([C@H](C)CO)C(C(=O)N(CC=C)c3ccccc3Cl)C23CC(Br)[C@@H]1S3)c1ccc(OCC)cc1. The smallest absolute Gasteiger partial charge is 0.251 e. The first-order valence-electron chi connectivity index (χ1n) is 14.7. The molecule has 11 heteroatoms. The molecule has 234 valence electrons. The van der Waals surface area contributed by atoms with E-state index >= 15 is 0 Å². The molecule has 3 unspecified atom stereocenters. The summed E-state index contributed by atoms with van der Waals surface area (Å²) in [4.78, 5) is 48.4. The summed E-state index contributed by atoms with van der Waals surface area (Å²) in [5.74, 6) is -1.56. The van der Waals surface area contributed by atoms with Crippen molar-refractivity contribution in [2.24, 2.45) is 11.8 Å². The van der Waals surface area contributed by atoms with Crippen LogP contribution in [-0.2, 0) is 14.4 Å². The van der Waals surface area contributed by atoms with Crippen molar-refractivity contribution < 1.29 is 24.2 Å². The molecule has 5 rings (SSSR count). The number of aliphatic hydroxyl groups is 1. The molecule has 8 nitrogen and oxygen atoms in total. The van der Waals surface area contributed by atoms with E-state index in [1.165, 1.54) is 4.90 Å². The van der Waals surface area contributed by atoms with Gasteiger partial charge in [0.1, 0.15) is 11.8 Å². The fourth-order valence-electron chi connectivity index (χ4n) is 6.97. The van der Waals surface area contributed by atoms with Crippen molar-refractivity contribution in [3.05, 3.63) is 78.9 Å². The monoisotopic (exact) mass is 701 g/mol. The topological polar surface area (TPSA) is 90.4 Å². The maximum absolute atomic E-state index is 14.7. The van der Waals surface area contributed by atoms with Crippen molar-refractivity contribution >= 4 is 68.4 Å². The second-order valence-corrected chi connectivity index (χ2v) is 14.4. The van der Waals surface area contributed by atoms with Crippen LogP contribution < -0.4 is 14.5 Å². The number of benzene rings is 2. The number of anilines is 2. The maximum atomic E-state index is 14.7. The van der Waals surface area contributed by atoms with Crippen LogP contribution in [0.25, 0.3) is 0 Å². The highest BCUT2D eigenvalue weighted by atomic mass is 79.9. The summed E-state index contributed by atoms with van der Waals surface area (Å²) in [5.41, 5.74) is 1.18. The fourth-order valence-corrected chi connectivity index (χ4v) is 10.8. The van der Waals surface area contributed by atoms with Gasteiger partial charge in [-0.3, -0.25) is 14.4 Å². The van der Waals surface area contributed by atoms with E-state index in [-0.39, 0.29) is 47.5 Å². The lowest BCUT2D eigenvalue weighted by molar-refractivity contribution is -0.141. The third-order valence-electron chi connectivity index (χ3n) is 8.74. The molecule has 3 aliphatic heterocycles. The molecular formula is C33H37BrClN3O5S. The van der Waals surface area contributed by atoms with Gasteiger partial charge in [-0.05, 0) is 56.7 Å². The second kappa shape index (κ2) is 13.3. The lowest BCUT2D eigenvalue weighted by Gasteiger charge is -2.39. The first kappa shape index (κ1) is 32.6. The van der Waals surface area contributed by atoms with Gasteiger partial charge >= 0.3 is 0 Å². The van der Waals surface area contributed by atoms with E-state index in [0.717, 1.165) is 0 Å². The van der Waals surface area contributed by atoms with Gasteiger partial charge in [0, 0.05) is 28.9 Å².